The summed E-state index contributed by atoms with van der Waals surface area (Å²) in [5.41, 5.74) is 8.36. The second-order valence-electron chi connectivity index (χ2n) is 5.82. The highest BCUT2D eigenvalue weighted by atomic mass is 16.1. The molecule has 0 aromatic carbocycles. The van der Waals surface area contributed by atoms with Crippen LogP contribution >= 0.6 is 0 Å². The Morgan fingerprint density at radius 2 is 2.14 bits per heavy atom. The van der Waals surface area contributed by atoms with Crippen LogP contribution in [0.4, 0.5) is 0 Å². The zero-order valence-corrected chi connectivity index (χ0v) is 13.5. The zero-order valence-electron chi connectivity index (χ0n) is 13.5. The van der Waals surface area contributed by atoms with Crippen LogP contribution in [0.2, 0.25) is 0 Å². The average molecular weight is 305 g/mol. The number of nitrogens with two attached hydrogens (primary N) is 1. The van der Waals surface area contributed by atoms with E-state index in [0.717, 1.165) is 16.8 Å². The Morgan fingerprint density at radius 3 is 2.77 bits per heavy atom. The van der Waals surface area contributed by atoms with Crippen molar-refractivity contribution in [1.29, 1.82) is 0 Å². The molecule has 2 aromatic heterocycles. The van der Waals surface area contributed by atoms with Gasteiger partial charge in [-0.25, -0.2) is 4.98 Å². The van der Waals surface area contributed by atoms with Gasteiger partial charge in [0.15, 0.2) is 5.65 Å². The smallest absolute Gasteiger partial charge is 0.273 e. The van der Waals surface area contributed by atoms with E-state index >= 15 is 0 Å². The number of aryl methyl sites for hydroxylation is 3. The number of H-pyrrole nitrogens is 1. The quantitative estimate of drug-likeness (QED) is 0.730. The molecular weight excluding hydrogens is 282 g/mol. The molecule has 0 fully saturated rings. The van der Waals surface area contributed by atoms with E-state index in [0.29, 0.717) is 24.1 Å². The van der Waals surface area contributed by atoms with Crippen LogP contribution in [0, 0.1) is 19.8 Å². The lowest BCUT2D eigenvalue weighted by atomic mass is 10.0. The van der Waals surface area contributed by atoms with Crippen LogP contribution in [0.25, 0.3) is 11.0 Å². The van der Waals surface area contributed by atoms with Crippen LogP contribution in [0.3, 0.4) is 0 Å². The van der Waals surface area contributed by atoms with Gasteiger partial charge in [-0.05, 0) is 37.4 Å². The van der Waals surface area contributed by atoms with E-state index in [1.807, 2.05) is 20.8 Å². The van der Waals surface area contributed by atoms with Crippen molar-refractivity contribution in [1.82, 2.24) is 20.1 Å². The van der Waals surface area contributed by atoms with Crippen molar-refractivity contribution in [3.63, 3.8) is 0 Å². The summed E-state index contributed by atoms with van der Waals surface area (Å²) in [5.74, 6) is 0.156. The van der Waals surface area contributed by atoms with Crippen molar-refractivity contribution < 1.29 is 4.79 Å². The molecule has 120 valence electrons. The van der Waals surface area contributed by atoms with Gasteiger partial charge >= 0.3 is 0 Å². The summed E-state index contributed by atoms with van der Waals surface area (Å²) in [7, 11) is 1.75. The third-order valence-electron chi connectivity index (χ3n) is 3.96. The summed E-state index contributed by atoms with van der Waals surface area (Å²) in [6.45, 7) is 6.78. The van der Waals surface area contributed by atoms with Gasteiger partial charge in [0.2, 0.25) is 5.91 Å². The molecule has 0 bridgehead atoms. The fourth-order valence-electron chi connectivity index (χ4n) is 2.50. The van der Waals surface area contributed by atoms with Crippen molar-refractivity contribution in [2.75, 3.05) is 13.1 Å². The Balaban J connectivity index is 2.30. The summed E-state index contributed by atoms with van der Waals surface area (Å²) in [6, 6.07) is 0. The van der Waals surface area contributed by atoms with Gasteiger partial charge < -0.3 is 11.1 Å². The number of pyridine rings is 1. The minimum absolute atomic E-state index is 0.0833. The molecule has 4 N–H and O–H groups in total. The van der Waals surface area contributed by atoms with Gasteiger partial charge in [-0.15, -0.1) is 0 Å². The number of rotatable bonds is 5. The molecule has 0 aliphatic heterocycles. The van der Waals surface area contributed by atoms with Crippen LogP contribution in [0.15, 0.2) is 4.79 Å². The summed E-state index contributed by atoms with van der Waals surface area (Å²) in [4.78, 5) is 28.5. The molecule has 0 radical (unpaired) electrons. The average Bonchev–Trinajstić information content (AvgIpc) is 2.75. The molecule has 0 saturated heterocycles. The Bertz CT molecular complexity index is 759. The molecule has 0 aliphatic carbocycles. The fraction of sp³-hybridized carbons (Fsp3) is 0.533. The first-order valence-corrected chi connectivity index (χ1v) is 7.36. The van der Waals surface area contributed by atoms with Crippen molar-refractivity contribution in [3.05, 3.63) is 27.2 Å². The number of carbonyl (C=O) groups is 1. The molecule has 0 aliphatic rings. The predicted octanol–water partition coefficient (Wildman–Crippen LogP) is 0.132. The molecule has 1 amide bonds. The molecule has 1 unspecified atom stereocenters. The largest absolute Gasteiger partial charge is 0.355 e. The van der Waals surface area contributed by atoms with Crippen molar-refractivity contribution >= 4 is 16.9 Å². The standard InChI is InChI=1S/C15H23N5O2/c1-8(6-16)7-17-12(21)5-11-9(2)13-14(18-10(11)3)20(4)19-15(13)22/h8H,5-7,16H2,1-4H3,(H,17,21)(H,19,22). The molecule has 7 nitrogen and oxygen atoms in total. The van der Waals surface area contributed by atoms with E-state index in [1.54, 1.807) is 11.7 Å². The van der Waals surface area contributed by atoms with Crippen LogP contribution < -0.4 is 16.6 Å². The number of hydrogen-bond acceptors (Lipinski definition) is 4. The maximum atomic E-state index is 12.1. The first kappa shape index (κ1) is 16.2. The number of nitrogens with one attached hydrogen (secondary N) is 2. The highest BCUT2D eigenvalue weighted by Crippen LogP contribution is 2.20. The van der Waals surface area contributed by atoms with Crippen molar-refractivity contribution in [2.45, 2.75) is 27.2 Å². The van der Waals surface area contributed by atoms with E-state index in [2.05, 4.69) is 15.4 Å². The van der Waals surface area contributed by atoms with E-state index in [9.17, 15) is 9.59 Å². The molecule has 7 heteroatoms. The van der Waals surface area contributed by atoms with Gasteiger partial charge in [0.25, 0.3) is 5.56 Å². The van der Waals surface area contributed by atoms with Gasteiger partial charge in [-0.1, -0.05) is 6.92 Å². The van der Waals surface area contributed by atoms with E-state index in [-0.39, 0.29) is 23.8 Å². The number of nitrogens with zero attached hydrogens (tertiary/aromatic N) is 2. The van der Waals surface area contributed by atoms with Crippen LogP contribution in [0.1, 0.15) is 23.7 Å². The monoisotopic (exact) mass is 305 g/mol. The number of carbonyl (C=O) groups excluding carboxylic acids is 1. The molecule has 2 rings (SSSR count). The van der Waals surface area contributed by atoms with Gasteiger partial charge in [0.1, 0.15) is 0 Å². The van der Waals surface area contributed by atoms with Crippen molar-refractivity contribution in [2.24, 2.45) is 18.7 Å². The van der Waals surface area contributed by atoms with Crippen LogP contribution in [-0.4, -0.2) is 33.8 Å². The maximum Gasteiger partial charge on any atom is 0.273 e. The molecule has 22 heavy (non-hydrogen) atoms. The second-order valence-corrected chi connectivity index (χ2v) is 5.82. The minimum Gasteiger partial charge on any atom is -0.355 e. The normalized spacial score (nSPS) is 12.6. The number of aromatic amines is 1. The number of amides is 1. The van der Waals surface area contributed by atoms with E-state index < -0.39 is 0 Å². The maximum absolute atomic E-state index is 12.1. The number of fused-ring (bicyclic) bond motifs is 1. The second kappa shape index (κ2) is 6.31. The molecule has 0 spiro atoms. The minimum atomic E-state index is -0.180. The lowest BCUT2D eigenvalue weighted by Gasteiger charge is -2.13. The van der Waals surface area contributed by atoms with Gasteiger partial charge in [0.05, 0.1) is 11.8 Å². The highest BCUT2D eigenvalue weighted by molar-refractivity contribution is 5.84. The Hall–Kier alpha value is -2.15. The van der Waals surface area contributed by atoms with Gasteiger partial charge in [-0.3, -0.25) is 19.4 Å². The summed E-state index contributed by atoms with van der Waals surface area (Å²) in [6.07, 6.45) is 0.215. The van der Waals surface area contributed by atoms with Crippen LogP contribution in [-0.2, 0) is 18.3 Å². The lowest BCUT2D eigenvalue weighted by molar-refractivity contribution is -0.120. The third kappa shape index (κ3) is 3.04. The summed E-state index contributed by atoms with van der Waals surface area (Å²) in [5, 5.41) is 6.11. The predicted molar refractivity (Wildman–Crippen MR) is 85.7 cm³/mol. The highest BCUT2D eigenvalue weighted by Gasteiger charge is 2.17. The summed E-state index contributed by atoms with van der Waals surface area (Å²) < 4.78 is 1.60. The molecule has 0 saturated carbocycles. The lowest BCUT2D eigenvalue weighted by Crippen LogP contribution is -2.32. The molecular formula is C15H23N5O2. The Morgan fingerprint density at radius 1 is 1.45 bits per heavy atom. The Labute approximate surface area is 128 Å². The SMILES string of the molecule is Cc1nc2c(c(C)c1CC(=O)NCC(C)CN)c(=O)[nH]n2C. The van der Waals surface area contributed by atoms with Gasteiger partial charge in [-0.2, -0.15) is 0 Å². The summed E-state index contributed by atoms with van der Waals surface area (Å²) >= 11 is 0. The Kier molecular flexibility index (Phi) is 4.65. The molecule has 1 atom stereocenters. The number of hydrogen-bond donors (Lipinski definition) is 3. The van der Waals surface area contributed by atoms with Crippen molar-refractivity contribution in [3.8, 4) is 0 Å². The first-order chi connectivity index (χ1) is 10.3. The number of aromatic nitrogens is 3. The third-order valence-corrected chi connectivity index (χ3v) is 3.96. The van der Waals surface area contributed by atoms with E-state index in [4.69, 9.17) is 5.73 Å². The zero-order chi connectivity index (χ0) is 16.4. The molecule has 2 heterocycles. The van der Waals surface area contributed by atoms with E-state index in [1.165, 1.54) is 0 Å². The van der Waals surface area contributed by atoms with Gasteiger partial charge in [0, 0.05) is 19.3 Å². The van der Waals surface area contributed by atoms with Crippen LogP contribution in [0.5, 0.6) is 0 Å². The first-order valence-electron chi connectivity index (χ1n) is 7.36. The molecule has 2 aromatic rings. The fourth-order valence-corrected chi connectivity index (χ4v) is 2.50. The topological polar surface area (TPSA) is 106 Å².